The molecule has 1 fully saturated rings. The summed E-state index contributed by atoms with van der Waals surface area (Å²) in [7, 11) is 0. The normalized spacial score (nSPS) is 16.9. The summed E-state index contributed by atoms with van der Waals surface area (Å²) in [4.78, 5) is 18.8. The molecule has 0 radical (unpaired) electrons. The molecule has 0 spiro atoms. The Bertz CT molecular complexity index is 622. The van der Waals surface area contributed by atoms with E-state index in [4.69, 9.17) is 9.73 Å². The first kappa shape index (κ1) is 23.5. The Morgan fingerprint density at radius 2 is 2.07 bits per heavy atom. The van der Waals surface area contributed by atoms with E-state index in [1.54, 1.807) is 0 Å². The Morgan fingerprint density at radius 1 is 1.33 bits per heavy atom. The number of hydrogen-bond acceptors (Lipinski definition) is 3. The van der Waals surface area contributed by atoms with Crippen molar-refractivity contribution in [3.8, 4) is 5.75 Å². The van der Waals surface area contributed by atoms with Gasteiger partial charge in [-0.25, -0.2) is 4.99 Å². The fourth-order valence-electron chi connectivity index (χ4n) is 3.05. The summed E-state index contributed by atoms with van der Waals surface area (Å²) in [5, 5.41) is 6.76. The molecule has 1 saturated heterocycles. The Kier molecular flexibility index (Phi) is 10.5. The van der Waals surface area contributed by atoms with Gasteiger partial charge in [-0.2, -0.15) is 0 Å². The number of nitrogens with one attached hydrogen (secondary N) is 2. The van der Waals surface area contributed by atoms with Crippen LogP contribution < -0.4 is 15.4 Å². The van der Waals surface area contributed by atoms with Crippen LogP contribution in [-0.4, -0.2) is 49.0 Å². The van der Waals surface area contributed by atoms with Crippen LogP contribution in [0.1, 0.15) is 39.7 Å². The summed E-state index contributed by atoms with van der Waals surface area (Å²) in [6.07, 6.45) is 0.943. The number of carbonyl (C=O) groups is 1. The lowest BCUT2D eigenvalue weighted by molar-refractivity contribution is -0.133. The molecule has 1 amide bonds. The molecule has 0 saturated carbocycles. The summed E-state index contributed by atoms with van der Waals surface area (Å²) in [6, 6.07) is 8.22. The Hall–Kier alpha value is -1.51. The van der Waals surface area contributed by atoms with Gasteiger partial charge in [-0.05, 0) is 26.3 Å². The highest BCUT2D eigenvalue weighted by Gasteiger charge is 2.27. The number of para-hydroxylation sites is 1. The highest BCUT2D eigenvalue weighted by Crippen LogP contribution is 2.19. The molecule has 152 valence electrons. The number of aliphatic imine (C=N–C) groups is 1. The molecule has 2 N–H and O–H groups in total. The van der Waals surface area contributed by atoms with Crippen LogP contribution in [-0.2, 0) is 11.3 Å². The molecular weight excluding hydrogens is 455 g/mol. The van der Waals surface area contributed by atoms with Crippen molar-refractivity contribution >= 4 is 35.8 Å². The highest BCUT2D eigenvalue weighted by atomic mass is 127. The van der Waals surface area contributed by atoms with Crippen molar-refractivity contribution < 1.29 is 9.53 Å². The second-order valence-corrected chi connectivity index (χ2v) is 6.80. The third-order valence-corrected chi connectivity index (χ3v) is 4.36. The van der Waals surface area contributed by atoms with Crippen molar-refractivity contribution in [2.75, 3.05) is 26.2 Å². The number of likely N-dealkylation sites (tertiary alicyclic amines) is 1. The van der Waals surface area contributed by atoms with Gasteiger partial charge < -0.3 is 20.3 Å². The van der Waals surface area contributed by atoms with Gasteiger partial charge in [0.25, 0.3) is 0 Å². The zero-order valence-corrected chi connectivity index (χ0v) is 19.2. The van der Waals surface area contributed by atoms with Crippen molar-refractivity contribution in [3.05, 3.63) is 29.8 Å². The summed E-state index contributed by atoms with van der Waals surface area (Å²) in [5.74, 6) is 1.93. The van der Waals surface area contributed by atoms with Gasteiger partial charge in [0.05, 0.1) is 13.2 Å². The number of guanidine groups is 1. The van der Waals surface area contributed by atoms with Gasteiger partial charge in [0.2, 0.25) is 5.91 Å². The molecule has 1 aliphatic rings. The molecule has 27 heavy (non-hydrogen) atoms. The lowest BCUT2D eigenvalue weighted by atomic mass is 10.2. The maximum absolute atomic E-state index is 12.2. The summed E-state index contributed by atoms with van der Waals surface area (Å²) < 4.78 is 5.67. The van der Waals surface area contributed by atoms with E-state index in [0.717, 1.165) is 43.3 Å². The van der Waals surface area contributed by atoms with E-state index in [2.05, 4.69) is 17.6 Å². The molecule has 1 heterocycles. The monoisotopic (exact) mass is 488 g/mol. The van der Waals surface area contributed by atoms with Crippen LogP contribution in [0.25, 0.3) is 0 Å². The van der Waals surface area contributed by atoms with Crippen LogP contribution in [0.4, 0.5) is 0 Å². The zero-order chi connectivity index (χ0) is 18.9. The average molecular weight is 488 g/mol. The third-order valence-electron chi connectivity index (χ3n) is 4.36. The predicted octanol–water partition coefficient (Wildman–Crippen LogP) is 3.02. The van der Waals surface area contributed by atoms with Crippen LogP contribution in [0.5, 0.6) is 5.75 Å². The first-order valence-corrected chi connectivity index (χ1v) is 9.59. The number of rotatable bonds is 7. The minimum atomic E-state index is 0. The van der Waals surface area contributed by atoms with Gasteiger partial charge in [0.15, 0.2) is 5.96 Å². The fraction of sp³-hybridized carbons (Fsp3) is 0.600. The number of halogens is 1. The average Bonchev–Trinajstić information content (AvgIpc) is 3.09. The van der Waals surface area contributed by atoms with E-state index in [-0.39, 0.29) is 41.8 Å². The fourth-order valence-corrected chi connectivity index (χ4v) is 3.05. The van der Waals surface area contributed by atoms with Crippen molar-refractivity contribution in [3.63, 3.8) is 0 Å². The largest absolute Gasteiger partial charge is 0.494 e. The first-order chi connectivity index (χ1) is 12.5. The number of ether oxygens (including phenoxy) is 1. The van der Waals surface area contributed by atoms with Crippen molar-refractivity contribution in [1.82, 2.24) is 15.5 Å². The summed E-state index contributed by atoms with van der Waals surface area (Å²) in [6.45, 7) is 11.5. The SMILES string of the molecule is CCNC(=NCc1ccccc1OCC)NC1CCN(C(=O)C(C)C)C1.I. The Morgan fingerprint density at radius 3 is 2.74 bits per heavy atom. The van der Waals surface area contributed by atoms with Crippen LogP contribution in [0, 0.1) is 5.92 Å². The minimum Gasteiger partial charge on any atom is -0.494 e. The molecule has 6 nitrogen and oxygen atoms in total. The summed E-state index contributed by atoms with van der Waals surface area (Å²) in [5.41, 5.74) is 1.06. The van der Waals surface area contributed by atoms with Crippen molar-refractivity contribution in [2.45, 2.75) is 46.7 Å². The quantitative estimate of drug-likeness (QED) is 0.352. The Labute approximate surface area is 180 Å². The van der Waals surface area contributed by atoms with Crippen LogP contribution >= 0.6 is 24.0 Å². The standard InChI is InChI=1S/C20H32N4O2.HI/c1-5-21-20(22-13-16-9-7-8-10-18(16)26-6-2)23-17-11-12-24(14-17)19(25)15(3)4;/h7-10,15,17H,5-6,11-14H2,1-4H3,(H2,21,22,23);1H. The topological polar surface area (TPSA) is 66.0 Å². The second kappa shape index (κ2) is 12.0. The Balaban J connectivity index is 0.00000364. The van der Waals surface area contributed by atoms with Crippen LogP contribution in [0.15, 0.2) is 29.3 Å². The number of nitrogens with zero attached hydrogens (tertiary/aromatic N) is 2. The maximum atomic E-state index is 12.2. The highest BCUT2D eigenvalue weighted by molar-refractivity contribution is 14.0. The van der Waals surface area contributed by atoms with Gasteiger partial charge in [-0.1, -0.05) is 32.0 Å². The molecule has 7 heteroatoms. The van der Waals surface area contributed by atoms with E-state index in [1.807, 2.05) is 49.9 Å². The maximum Gasteiger partial charge on any atom is 0.225 e. The molecule has 1 aromatic rings. The van der Waals surface area contributed by atoms with E-state index in [9.17, 15) is 4.79 Å². The third kappa shape index (κ3) is 7.20. The van der Waals surface area contributed by atoms with Crippen LogP contribution in [0.2, 0.25) is 0 Å². The van der Waals surface area contributed by atoms with Gasteiger partial charge in [0, 0.05) is 37.2 Å². The minimum absolute atomic E-state index is 0. The molecule has 1 unspecified atom stereocenters. The number of benzene rings is 1. The molecule has 0 aromatic heterocycles. The van der Waals surface area contributed by atoms with Crippen molar-refractivity contribution in [1.29, 1.82) is 0 Å². The molecule has 0 bridgehead atoms. The zero-order valence-electron chi connectivity index (χ0n) is 16.8. The molecule has 2 rings (SSSR count). The lowest BCUT2D eigenvalue weighted by Crippen LogP contribution is -2.45. The lowest BCUT2D eigenvalue weighted by Gasteiger charge is -2.20. The van der Waals surface area contributed by atoms with E-state index >= 15 is 0 Å². The van der Waals surface area contributed by atoms with Gasteiger partial charge in [0.1, 0.15) is 5.75 Å². The molecule has 1 aliphatic heterocycles. The summed E-state index contributed by atoms with van der Waals surface area (Å²) >= 11 is 0. The second-order valence-electron chi connectivity index (χ2n) is 6.80. The van der Waals surface area contributed by atoms with E-state index in [0.29, 0.717) is 13.2 Å². The van der Waals surface area contributed by atoms with E-state index < -0.39 is 0 Å². The van der Waals surface area contributed by atoms with Gasteiger partial charge in [-0.15, -0.1) is 24.0 Å². The predicted molar refractivity (Wildman–Crippen MR) is 121 cm³/mol. The first-order valence-electron chi connectivity index (χ1n) is 9.59. The number of amides is 1. The van der Waals surface area contributed by atoms with Gasteiger partial charge in [-0.3, -0.25) is 4.79 Å². The molecule has 1 aromatic carbocycles. The molecule has 0 aliphatic carbocycles. The smallest absolute Gasteiger partial charge is 0.225 e. The van der Waals surface area contributed by atoms with Crippen LogP contribution in [0.3, 0.4) is 0 Å². The molecule has 1 atom stereocenters. The number of carbonyl (C=O) groups excluding carboxylic acids is 1. The van der Waals surface area contributed by atoms with E-state index in [1.165, 1.54) is 0 Å². The number of hydrogen-bond donors (Lipinski definition) is 2. The molecular formula is C20H33IN4O2. The van der Waals surface area contributed by atoms with Crippen molar-refractivity contribution in [2.24, 2.45) is 10.9 Å². The van der Waals surface area contributed by atoms with Gasteiger partial charge >= 0.3 is 0 Å².